The van der Waals surface area contributed by atoms with E-state index in [1.807, 2.05) is 11.8 Å². The number of esters is 1. The molecule has 1 aliphatic heterocycles. The SMILES string of the molecule is CCOC(=O)CN(C(=O)C1CCC1)[C@@H]1C[C@@H]2CO[C@H](C(C)C)C[C@@H]2C1. The molecule has 0 aromatic carbocycles. The summed E-state index contributed by atoms with van der Waals surface area (Å²) < 4.78 is 11.2. The number of hydrogen-bond acceptors (Lipinski definition) is 4. The van der Waals surface area contributed by atoms with Crippen molar-refractivity contribution in [1.82, 2.24) is 4.90 Å². The molecule has 4 atom stereocenters. The van der Waals surface area contributed by atoms with Gasteiger partial charge < -0.3 is 14.4 Å². The third-order valence-corrected chi connectivity index (χ3v) is 6.40. The first-order valence-electron chi connectivity index (χ1n) is 10.1. The third kappa shape index (κ3) is 4.18. The normalized spacial score (nSPS) is 32.2. The number of fused-ring (bicyclic) bond motifs is 1. The van der Waals surface area contributed by atoms with Crippen molar-refractivity contribution in [1.29, 1.82) is 0 Å². The summed E-state index contributed by atoms with van der Waals surface area (Å²) >= 11 is 0. The molecule has 5 nitrogen and oxygen atoms in total. The monoisotopic (exact) mass is 351 g/mol. The molecule has 0 aromatic heterocycles. The molecule has 3 fully saturated rings. The van der Waals surface area contributed by atoms with Gasteiger partial charge in [-0.15, -0.1) is 0 Å². The number of amides is 1. The van der Waals surface area contributed by atoms with E-state index in [9.17, 15) is 9.59 Å². The minimum atomic E-state index is -0.277. The van der Waals surface area contributed by atoms with Crippen LogP contribution in [-0.2, 0) is 19.1 Å². The van der Waals surface area contributed by atoms with E-state index in [-0.39, 0.29) is 30.4 Å². The van der Waals surface area contributed by atoms with Gasteiger partial charge in [-0.25, -0.2) is 0 Å². The van der Waals surface area contributed by atoms with Crippen molar-refractivity contribution in [2.75, 3.05) is 19.8 Å². The fourth-order valence-electron chi connectivity index (χ4n) is 4.63. The third-order valence-electron chi connectivity index (χ3n) is 6.40. The van der Waals surface area contributed by atoms with Crippen LogP contribution in [0.25, 0.3) is 0 Å². The molecular weight excluding hydrogens is 318 g/mol. The second-order valence-electron chi connectivity index (χ2n) is 8.40. The highest BCUT2D eigenvalue weighted by molar-refractivity contribution is 5.84. The molecule has 0 aromatic rings. The van der Waals surface area contributed by atoms with E-state index in [1.54, 1.807) is 0 Å². The molecule has 25 heavy (non-hydrogen) atoms. The van der Waals surface area contributed by atoms with Crippen LogP contribution in [0.1, 0.15) is 59.3 Å². The predicted molar refractivity (Wildman–Crippen MR) is 94.9 cm³/mol. The molecule has 3 aliphatic rings. The Bertz CT molecular complexity index is 488. The van der Waals surface area contributed by atoms with Gasteiger partial charge in [-0.3, -0.25) is 9.59 Å². The molecule has 1 saturated heterocycles. The van der Waals surface area contributed by atoms with Gasteiger partial charge in [0.15, 0.2) is 0 Å². The van der Waals surface area contributed by atoms with Crippen molar-refractivity contribution in [3.63, 3.8) is 0 Å². The van der Waals surface area contributed by atoms with Gasteiger partial charge in [-0.1, -0.05) is 20.3 Å². The van der Waals surface area contributed by atoms with Crippen molar-refractivity contribution in [3.8, 4) is 0 Å². The fraction of sp³-hybridized carbons (Fsp3) is 0.900. The van der Waals surface area contributed by atoms with Crippen molar-refractivity contribution < 1.29 is 19.1 Å². The first kappa shape index (κ1) is 18.7. The van der Waals surface area contributed by atoms with E-state index in [4.69, 9.17) is 9.47 Å². The molecule has 0 spiro atoms. The van der Waals surface area contributed by atoms with Crippen LogP contribution in [0.5, 0.6) is 0 Å². The molecule has 1 heterocycles. The fourth-order valence-corrected chi connectivity index (χ4v) is 4.63. The van der Waals surface area contributed by atoms with E-state index in [1.165, 1.54) is 0 Å². The molecule has 0 unspecified atom stereocenters. The summed E-state index contributed by atoms with van der Waals surface area (Å²) in [5.74, 6) is 1.69. The summed E-state index contributed by atoms with van der Waals surface area (Å²) in [7, 11) is 0. The average molecular weight is 351 g/mol. The Morgan fingerprint density at radius 3 is 2.48 bits per heavy atom. The highest BCUT2D eigenvalue weighted by Crippen LogP contribution is 2.43. The smallest absolute Gasteiger partial charge is 0.325 e. The molecule has 0 radical (unpaired) electrons. The van der Waals surface area contributed by atoms with E-state index in [0.717, 1.165) is 45.1 Å². The Balaban J connectivity index is 1.66. The molecule has 0 bridgehead atoms. The molecule has 3 rings (SSSR count). The molecule has 2 saturated carbocycles. The average Bonchev–Trinajstić information content (AvgIpc) is 2.93. The Labute approximate surface area is 151 Å². The highest BCUT2D eigenvalue weighted by atomic mass is 16.5. The largest absolute Gasteiger partial charge is 0.465 e. The number of hydrogen-bond donors (Lipinski definition) is 0. The molecular formula is C20H33NO4. The second kappa shape index (κ2) is 8.07. The Kier molecular flexibility index (Phi) is 6.03. The van der Waals surface area contributed by atoms with Crippen LogP contribution in [0.2, 0.25) is 0 Å². The summed E-state index contributed by atoms with van der Waals surface area (Å²) in [4.78, 5) is 26.8. The van der Waals surface area contributed by atoms with E-state index >= 15 is 0 Å². The van der Waals surface area contributed by atoms with Gasteiger partial charge in [-0.2, -0.15) is 0 Å². The zero-order chi connectivity index (χ0) is 18.0. The van der Waals surface area contributed by atoms with Gasteiger partial charge in [0.1, 0.15) is 6.54 Å². The number of carbonyl (C=O) groups excluding carboxylic acids is 2. The van der Waals surface area contributed by atoms with Crippen molar-refractivity contribution in [2.45, 2.75) is 71.4 Å². The van der Waals surface area contributed by atoms with Gasteiger partial charge in [0.25, 0.3) is 0 Å². The molecule has 142 valence electrons. The van der Waals surface area contributed by atoms with Crippen LogP contribution >= 0.6 is 0 Å². The maximum Gasteiger partial charge on any atom is 0.325 e. The van der Waals surface area contributed by atoms with Crippen LogP contribution in [-0.4, -0.2) is 48.7 Å². The first-order valence-corrected chi connectivity index (χ1v) is 10.1. The molecule has 5 heteroatoms. The standard InChI is InChI=1S/C20H33NO4/c1-4-24-19(22)11-21(20(23)14-6-5-7-14)17-8-15-10-18(13(2)3)25-12-16(15)9-17/h13-18H,4-12H2,1-3H3/t15-,16+,17-,18-/m0/s1. The minimum absolute atomic E-state index is 0.113. The van der Waals surface area contributed by atoms with Gasteiger partial charge in [0, 0.05) is 12.0 Å². The van der Waals surface area contributed by atoms with Crippen LogP contribution in [0.15, 0.2) is 0 Å². The Morgan fingerprint density at radius 1 is 1.16 bits per heavy atom. The van der Waals surface area contributed by atoms with E-state index in [2.05, 4.69) is 13.8 Å². The lowest BCUT2D eigenvalue weighted by Gasteiger charge is -2.35. The Morgan fingerprint density at radius 2 is 1.88 bits per heavy atom. The quantitative estimate of drug-likeness (QED) is 0.690. The molecule has 2 aliphatic carbocycles. The summed E-state index contributed by atoms with van der Waals surface area (Å²) in [6, 6.07) is 0.169. The summed E-state index contributed by atoms with van der Waals surface area (Å²) in [6.45, 7) is 7.51. The number of carbonyl (C=O) groups is 2. The lowest BCUT2D eigenvalue weighted by atomic mass is 9.84. The lowest BCUT2D eigenvalue weighted by Crippen LogP contribution is -2.47. The number of rotatable bonds is 6. The van der Waals surface area contributed by atoms with Gasteiger partial charge in [0.05, 0.1) is 19.3 Å². The summed E-state index contributed by atoms with van der Waals surface area (Å²) in [5, 5.41) is 0. The van der Waals surface area contributed by atoms with Gasteiger partial charge in [0.2, 0.25) is 5.91 Å². The lowest BCUT2D eigenvalue weighted by molar-refractivity contribution is -0.153. The summed E-state index contributed by atoms with van der Waals surface area (Å²) in [5.41, 5.74) is 0. The topological polar surface area (TPSA) is 55.8 Å². The minimum Gasteiger partial charge on any atom is -0.465 e. The van der Waals surface area contributed by atoms with E-state index < -0.39 is 0 Å². The first-order chi connectivity index (χ1) is 12.0. The predicted octanol–water partition coefficient (Wildman–Crippen LogP) is 3.02. The number of nitrogens with zero attached hydrogens (tertiary/aromatic N) is 1. The van der Waals surface area contributed by atoms with E-state index in [0.29, 0.717) is 30.5 Å². The van der Waals surface area contributed by atoms with Crippen LogP contribution in [0.3, 0.4) is 0 Å². The summed E-state index contributed by atoms with van der Waals surface area (Å²) in [6.07, 6.45) is 6.46. The molecule has 1 amide bonds. The number of ether oxygens (including phenoxy) is 2. The Hall–Kier alpha value is -1.10. The van der Waals surface area contributed by atoms with Gasteiger partial charge in [-0.05, 0) is 56.8 Å². The highest BCUT2D eigenvalue weighted by Gasteiger charge is 2.44. The zero-order valence-corrected chi connectivity index (χ0v) is 15.9. The van der Waals surface area contributed by atoms with Crippen LogP contribution in [0, 0.1) is 23.7 Å². The maximum absolute atomic E-state index is 12.9. The van der Waals surface area contributed by atoms with Crippen molar-refractivity contribution in [2.24, 2.45) is 23.7 Å². The van der Waals surface area contributed by atoms with Gasteiger partial charge >= 0.3 is 5.97 Å². The zero-order valence-electron chi connectivity index (χ0n) is 15.9. The van der Waals surface area contributed by atoms with Crippen molar-refractivity contribution >= 4 is 11.9 Å². The van der Waals surface area contributed by atoms with Crippen molar-refractivity contribution in [3.05, 3.63) is 0 Å². The van der Waals surface area contributed by atoms with Crippen LogP contribution in [0.4, 0.5) is 0 Å². The second-order valence-corrected chi connectivity index (χ2v) is 8.40. The van der Waals surface area contributed by atoms with Crippen LogP contribution < -0.4 is 0 Å². The molecule has 0 N–H and O–H groups in total. The maximum atomic E-state index is 12.9.